The van der Waals surface area contributed by atoms with E-state index in [9.17, 15) is 0 Å². The summed E-state index contributed by atoms with van der Waals surface area (Å²) in [5.41, 5.74) is 8.33. The Kier molecular flexibility index (Phi) is 12.5. The van der Waals surface area contributed by atoms with E-state index >= 15 is 0 Å². The Morgan fingerprint density at radius 3 is 1.45 bits per heavy atom. The van der Waals surface area contributed by atoms with Crippen LogP contribution in [0.1, 0.15) is 51.4 Å². The van der Waals surface area contributed by atoms with E-state index in [1.165, 1.54) is 33.5 Å². The molecule has 0 unspecified atom stereocenters. The van der Waals surface area contributed by atoms with Gasteiger partial charge in [-0.15, -0.1) is 18.8 Å². The van der Waals surface area contributed by atoms with Crippen LogP contribution in [-0.4, -0.2) is 4.57 Å². The molecule has 1 aromatic rings. The number of hydrogen-bond donors (Lipinski definition) is 0. The molecule has 0 saturated carbocycles. The second-order valence-corrected chi connectivity index (χ2v) is 6.13. The molecule has 0 aliphatic heterocycles. The van der Waals surface area contributed by atoms with Crippen LogP contribution in [0.15, 0.2) is 16.7 Å². The number of hydrogen-bond acceptors (Lipinski definition) is 0. The maximum atomic E-state index is 3.44. The van der Waals surface area contributed by atoms with Gasteiger partial charge >= 0.3 is 26.2 Å². The molecule has 0 atom stereocenters. The minimum atomic E-state index is 0. The standard InChI is InChI=1S/C10H15.C8H12N.2ClH.Zr/c1-7-6-10(4,5)9(3)8(7)2;1-6-5-9(4)8(3)7(6)2;;;/h1-5H3;1-4H3;2*1H;/q2*-1;;;+4/p-2. The third-order valence-electron chi connectivity index (χ3n) is 4.51. The average Bonchev–Trinajstić information content (AvgIpc) is 2.63. The van der Waals surface area contributed by atoms with Gasteiger partial charge in [0.15, 0.2) is 0 Å². The van der Waals surface area contributed by atoms with E-state index in [1.807, 2.05) is 11.6 Å². The molecule has 1 aromatic heterocycles. The first-order valence-corrected chi connectivity index (χ1v) is 6.89. The van der Waals surface area contributed by atoms with E-state index < -0.39 is 0 Å². The van der Waals surface area contributed by atoms with E-state index in [-0.39, 0.29) is 56.4 Å². The second kappa shape index (κ2) is 10.2. The number of nitrogens with zero attached hydrogens (tertiary/aromatic N) is 1. The molecule has 0 fully saturated rings. The van der Waals surface area contributed by atoms with Gasteiger partial charge in [0.25, 0.3) is 0 Å². The molecule has 0 saturated heterocycles. The third-order valence-corrected chi connectivity index (χ3v) is 4.51. The maximum Gasteiger partial charge on any atom is 4.00 e. The Labute approximate surface area is 168 Å². The fourth-order valence-electron chi connectivity index (χ4n) is 2.35. The van der Waals surface area contributed by atoms with Crippen molar-refractivity contribution >= 4 is 0 Å². The summed E-state index contributed by atoms with van der Waals surface area (Å²) in [7, 11) is 2.02. The minimum absolute atomic E-state index is 0. The molecule has 0 aromatic carbocycles. The average molecular weight is 420 g/mol. The van der Waals surface area contributed by atoms with Gasteiger partial charge in [-0.05, 0) is 7.05 Å². The molecule has 0 bridgehead atoms. The molecule has 122 valence electrons. The Morgan fingerprint density at radius 2 is 1.36 bits per heavy atom. The molecule has 1 aliphatic carbocycles. The van der Waals surface area contributed by atoms with Gasteiger partial charge in [0.1, 0.15) is 0 Å². The molecule has 0 radical (unpaired) electrons. The summed E-state index contributed by atoms with van der Waals surface area (Å²) in [6.45, 7) is 17.2. The van der Waals surface area contributed by atoms with Gasteiger partial charge in [0.2, 0.25) is 0 Å². The number of aromatic nitrogens is 1. The summed E-state index contributed by atoms with van der Waals surface area (Å²) in [5.74, 6) is 0. The minimum Gasteiger partial charge on any atom is -1.00 e. The molecule has 0 amide bonds. The molecule has 0 N–H and O–H groups in total. The Hall–Kier alpha value is 0.223. The molecular formula is C18H27Cl2NZr. The van der Waals surface area contributed by atoms with E-state index in [2.05, 4.69) is 67.7 Å². The smallest absolute Gasteiger partial charge is 1.00 e. The summed E-state index contributed by atoms with van der Waals surface area (Å²) in [6, 6.07) is 0. The quantitative estimate of drug-likeness (QED) is 0.469. The SMILES string of the molecule is CC1=[C-]C(C)(C)C(C)=C1C.Cc1[c-]n(C)c(C)c1C.[Cl-].[Cl-].[Zr+4]. The van der Waals surface area contributed by atoms with Crippen LogP contribution in [0.3, 0.4) is 0 Å². The van der Waals surface area contributed by atoms with E-state index in [0.29, 0.717) is 0 Å². The van der Waals surface area contributed by atoms with E-state index in [0.717, 1.165) is 0 Å². The fraction of sp³-hybridized carbons (Fsp3) is 0.556. The van der Waals surface area contributed by atoms with Crippen molar-refractivity contribution in [2.24, 2.45) is 12.5 Å². The van der Waals surface area contributed by atoms with Crippen LogP contribution in [0.4, 0.5) is 0 Å². The third kappa shape index (κ3) is 6.02. The van der Waals surface area contributed by atoms with Crippen molar-refractivity contribution in [3.8, 4) is 0 Å². The van der Waals surface area contributed by atoms with Crippen molar-refractivity contribution in [2.45, 2.75) is 55.4 Å². The van der Waals surface area contributed by atoms with E-state index in [1.54, 1.807) is 0 Å². The molecule has 0 spiro atoms. The van der Waals surface area contributed by atoms with Crippen LogP contribution in [0.25, 0.3) is 0 Å². The van der Waals surface area contributed by atoms with Gasteiger partial charge in [0.05, 0.1) is 0 Å². The molecule has 2 rings (SSSR count). The molecule has 1 heterocycles. The van der Waals surface area contributed by atoms with Crippen molar-refractivity contribution in [1.29, 1.82) is 0 Å². The van der Waals surface area contributed by atoms with Gasteiger partial charge in [-0.25, -0.2) is 5.57 Å². The first-order chi connectivity index (χ1) is 8.58. The Bertz CT molecular complexity index is 529. The zero-order chi connectivity index (χ0) is 15.0. The first-order valence-electron chi connectivity index (χ1n) is 6.89. The normalized spacial score (nSPS) is 14.9. The van der Waals surface area contributed by atoms with Crippen molar-refractivity contribution < 1.29 is 51.0 Å². The fourth-order valence-corrected chi connectivity index (χ4v) is 2.35. The summed E-state index contributed by atoms with van der Waals surface area (Å²) in [4.78, 5) is 0. The van der Waals surface area contributed by atoms with Crippen LogP contribution in [0.5, 0.6) is 0 Å². The van der Waals surface area contributed by atoms with Crippen LogP contribution in [0.2, 0.25) is 0 Å². The number of aryl methyl sites for hydroxylation is 2. The Morgan fingerprint density at radius 1 is 0.909 bits per heavy atom. The molecule has 22 heavy (non-hydrogen) atoms. The van der Waals surface area contributed by atoms with Crippen molar-refractivity contribution in [3.63, 3.8) is 0 Å². The molecule has 1 nitrogen and oxygen atoms in total. The summed E-state index contributed by atoms with van der Waals surface area (Å²) < 4.78 is 2.03. The largest absolute Gasteiger partial charge is 4.00 e. The topological polar surface area (TPSA) is 4.93 Å². The molecule has 1 aliphatic rings. The van der Waals surface area contributed by atoms with Gasteiger partial charge in [-0.3, -0.25) is 6.08 Å². The molecule has 4 heteroatoms. The number of halogens is 2. The number of rotatable bonds is 0. The zero-order valence-electron chi connectivity index (χ0n) is 15.2. The van der Waals surface area contributed by atoms with Crippen molar-refractivity contribution in [2.75, 3.05) is 0 Å². The van der Waals surface area contributed by atoms with E-state index in [4.69, 9.17) is 0 Å². The van der Waals surface area contributed by atoms with Gasteiger partial charge in [0, 0.05) is 0 Å². The van der Waals surface area contributed by atoms with Crippen molar-refractivity contribution in [1.82, 2.24) is 4.57 Å². The van der Waals surface area contributed by atoms with Crippen molar-refractivity contribution in [3.05, 3.63) is 45.8 Å². The summed E-state index contributed by atoms with van der Waals surface area (Å²) >= 11 is 0. The van der Waals surface area contributed by atoms with Gasteiger partial charge in [-0.1, -0.05) is 53.9 Å². The van der Waals surface area contributed by atoms with Crippen LogP contribution in [0, 0.1) is 38.5 Å². The van der Waals surface area contributed by atoms with Crippen LogP contribution < -0.4 is 24.8 Å². The summed E-state index contributed by atoms with van der Waals surface area (Å²) in [6.07, 6.45) is 6.63. The van der Waals surface area contributed by atoms with Gasteiger partial charge in [-0.2, -0.15) is 22.3 Å². The second-order valence-electron chi connectivity index (χ2n) is 6.13. The molecular weight excluding hydrogens is 392 g/mol. The number of allylic oxidation sites excluding steroid dienone is 4. The summed E-state index contributed by atoms with van der Waals surface area (Å²) in [5, 5.41) is 0. The monoisotopic (exact) mass is 417 g/mol. The zero-order valence-corrected chi connectivity index (χ0v) is 19.2. The first kappa shape index (κ1) is 27.1. The predicted molar refractivity (Wildman–Crippen MR) is 83.0 cm³/mol. The Balaban J connectivity index is -0.000000290. The van der Waals surface area contributed by atoms with Gasteiger partial charge < -0.3 is 29.4 Å². The predicted octanol–water partition coefficient (Wildman–Crippen LogP) is -1.13. The van der Waals surface area contributed by atoms with Crippen LogP contribution >= 0.6 is 0 Å². The maximum absolute atomic E-state index is 3.44. The van der Waals surface area contributed by atoms with Crippen LogP contribution in [-0.2, 0) is 33.3 Å².